The predicted molar refractivity (Wildman–Crippen MR) is 93.8 cm³/mol. The molecule has 0 spiro atoms. The average molecular weight is 355 g/mol. The maximum atomic E-state index is 12.9. The summed E-state index contributed by atoms with van der Waals surface area (Å²) < 4.78 is 15.6. The molecule has 26 heavy (non-hydrogen) atoms. The molecule has 0 radical (unpaired) electrons. The van der Waals surface area contributed by atoms with Gasteiger partial charge in [0.25, 0.3) is 0 Å². The third-order valence-electron chi connectivity index (χ3n) is 3.86. The third kappa shape index (κ3) is 4.02. The first-order valence-electron chi connectivity index (χ1n) is 8.11. The summed E-state index contributed by atoms with van der Waals surface area (Å²) in [5, 5.41) is 7.01. The summed E-state index contributed by atoms with van der Waals surface area (Å²) in [5.41, 5.74) is 1.04. The Bertz CT molecular complexity index is 948. The Balaban J connectivity index is 1.59. The van der Waals surface area contributed by atoms with Crippen LogP contribution in [0.5, 0.6) is 0 Å². The average Bonchev–Trinajstić information content (AvgIpc) is 2.93. The zero-order valence-electron chi connectivity index (χ0n) is 14.2. The lowest BCUT2D eigenvalue weighted by Gasteiger charge is -2.05. The molecule has 0 fully saturated rings. The third-order valence-corrected chi connectivity index (χ3v) is 3.86. The van der Waals surface area contributed by atoms with E-state index in [0.29, 0.717) is 11.5 Å². The molecule has 0 saturated heterocycles. The van der Waals surface area contributed by atoms with Crippen LogP contribution in [-0.2, 0) is 24.8 Å². The standard InChI is InChI=1S/C18H18FN5O2/c1-23-17(15-4-2-3-9-20-15)22-24(18(23)26)11-10-21-16(25)12-13-5-7-14(19)8-6-13/h2-9H,10-12H2,1H3,(H,21,25). The van der Waals surface area contributed by atoms with Crippen molar-refractivity contribution in [3.05, 3.63) is 70.5 Å². The van der Waals surface area contributed by atoms with E-state index in [9.17, 15) is 14.0 Å². The second-order valence-electron chi connectivity index (χ2n) is 5.76. The number of nitrogens with zero attached hydrogens (tertiary/aromatic N) is 4. The van der Waals surface area contributed by atoms with Crippen LogP contribution in [0.1, 0.15) is 5.56 Å². The Hall–Kier alpha value is -3.29. The number of rotatable bonds is 6. The van der Waals surface area contributed by atoms with Crippen LogP contribution in [0.15, 0.2) is 53.5 Å². The lowest BCUT2D eigenvalue weighted by molar-refractivity contribution is -0.120. The van der Waals surface area contributed by atoms with Gasteiger partial charge >= 0.3 is 5.69 Å². The SMILES string of the molecule is Cn1c(-c2ccccn2)nn(CCNC(=O)Cc2ccc(F)cc2)c1=O. The molecule has 8 heteroatoms. The molecule has 0 aliphatic carbocycles. The molecule has 2 heterocycles. The summed E-state index contributed by atoms with van der Waals surface area (Å²) >= 11 is 0. The van der Waals surface area contributed by atoms with E-state index in [0.717, 1.165) is 5.56 Å². The van der Waals surface area contributed by atoms with Gasteiger partial charge in [0, 0.05) is 19.8 Å². The van der Waals surface area contributed by atoms with Crippen LogP contribution >= 0.6 is 0 Å². The number of hydrogen-bond acceptors (Lipinski definition) is 4. The quantitative estimate of drug-likeness (QED) is 0.719. The Morgan fingerprint density at radius 3 is 2.65 bits per heavy atom. The number of hydrogen-bond donors (Lipinski definition) is 1. The maximum absolute atomic E-state index is 12.9. The van der Waals surface area contributed by atoms with Crippen molar-refractivity contribution < 1.29 is 9.18 Å². The molecule has 0 saturated carbocycles. The number of carbonyl (C=O) groups is 1. The molecular formula is C18H18FN5O2. The molecule has 0 aliphatic rings. The van der Waals surface area contributed by atoms with Crippen molar-refractivity contribution in [1.29, 1.82) is 0 Å². The van der Waals surface area contributed by atoms with Crippen molar-refractivity contribution in [2.24, 2.45) is 7.05 Å². The second-order valence-corrected chi connectivity index (χ2v) is 5.76. The summed E-state index contributed by atoms with van der Waals surface area (Å²) in [6.07, 6.45) is 1.78. The number of amides is 1. The van der Waals surface area contributed by atoms with Gasteiger partial charge < -0.3 is 5.32 Å². The molecule has 1 amide bonds. The highest BCUT2D eigenvalue weighted by Gasteiger charge is 2.13. The maximum Gasteiger partial charge on any atom is 0.346 e. The van der Waals surface area contributed by atoms with Crippen LogP contribution in [0, 0.1) is 5.82 Å². The van der Waals surface area contributed by atoms with Crippen LogP contribution in [-0.4, -0.2) is 31.8 Å². The van der Waals surface area contributed by atoms with Crippen molar-refractivity contribution in [2.75, 3.05) is 6.54 Å². The summed E-state index contributed by atoms with van der Waals surface area (Å²) in [5.74, 6) is -0.0776. The van der Waals surface area contributed by atoms with Crippen molar-refractivity contribution in [3.8, 4) is 11.5 Å². The lowest BCUT2D eigenvalue weighted by atomic mass is 10.1. The number of carbonyl (C=O) groups excluding carboxylic acids is 1. The molecule has 0 unspecified atom stereocenters. The molecule has 3 aromatic rings. The molecular weight excluding hydrogens is 337 g/mol. The molecule has 0 aliphatic heterocycles. The van der Waals surface area contributed by atoms with Gasteiger partial charge in [-0.3, -0.25) is 14.3 Å². The Labute approximate surface area is 149 Å². The Morgan fingerprint density at radius 1 is 1.19 bits per heavy atom. The van der Waals surface area contributed by atoms with E-state index in [-0.39, 0.29) is 36.9 Å². The van der Waals surface area contributed by atoms with E-state index in [1.807, 2.05) is 6.07 Å². The topological polar surface area (TPSA) is 81.8 Å². The van der Waals surface area contributed by atoms with E-state index < -0.39 is 0 Å². The molecule has 1 aromatic carbocycles. The molecule has 7 nitrogen and oxygen atoms in total. The van der Waals surface area contributed by atoms with Crippen LogP contribution in [0.2, 0.25) is 0 Å². The zero-order valence-corrected chi connectivity index (χ0v) is 14.2. The number of aromatic nitrogens is 4. The van der Waals surface area contributed by atoms with Crippen molar-refractivity contribution >= 4 is 5.91 Å². The van der Waals surface area contributed by atoms with E-state index in [1.54, 1.807) is 37.5 Å². The Morgan fingerprint density at radius 2 is 1.96 bits per heavy atom. The lowest BCUT2D eigenvalue weighted by Crippen LogP contribution is -2.32. The summed E-state index contributed by atoms with van der Waals surface area (Å²) in [7, 11) is 1.63. The molecule has 0 bridgehead atoms. The molecule has 0 atom stereocenters. The smallest absolute Gasteiger partial charge is 0.346 e. The first-order valence-corrected chi connectivity index (χ1v) is 8.11. The van der Waals surface area contributed by atoms with Crippen molar-refractivity contribution in [3.63, 3.8) is 0 Å². The van der Waals surface area contributed by atoms with Crippen molar-refractivity contribution in [1.82, 2.24) is 24.6 Å². The van der Waals surface area contributed by atoms with Gasteiger partial charge in [-0.1, -0.05) is 18.2 Å². The first-order chi connectivity index (χ1) is 12.5. The van der Waals surface area contributed by atoms with Gasteiger partial charge in [0.1, 0.15) is 11.5 Å². The van der Waals surface area contributed by atoms with Crippen LogP contribution in [0.3, 0.4) is 0 Å². The monoisotopic (exact) mass is 355 g/mol. The van der Waals surface area contributed by atoms with Gasteiger partial charge in [-0.15, -0.1) is 5.10 Å². The Kier molecular flexibility index (Phi) is 5.21. The summed E-state index contributed by atoms with van der Waals surface area (Å²) in [6.45, 7) is 0.507. The fourth-order valence-electron chi connectivity index (χ4n) is 2.50. The molecule has 134 valence electrons. The van der Waals surface area contributed by atoms with E-state index in [4.69, 9.17) is 0 Å². The summed E-state index contributed by atoms with van der Waals surface area (Å²) in [6, 6.07) is 11.1. The first kappa shape index (κ1) is 17.5. The minimum Gasteiger partial charge on any atom is -0.354 e. The largest absolute Gasteiger partial charge is 0.354 e. The highest BCUT2D eigenvalue weighted by Crippen LogP contribution is 2.10. The van der Waals surface area contributed by atoms with Gasteiger partial charge in [0.05, 0.1) is 13.0 Å². The number of halogens is 1. The van der Waals surface area contributed by atoms with E-state index in [1.165, 1.54) is 21.4 Å². The van der Waals surface area contributed by atoms with Crippen LogP contribution in [0.25, 0.3) is 11.5 Å². The van der Waals surface area contributed by atoms with Gasteiger partial charge in [-0.05, 0) is 29.8 Å². The van der Waals surface area contributed by atoms with Gasteiger partial charge in [0.2, 0.25) is 5.91 Å². The normalized spacial score (nSPS) is 10.7. The molecule has 1 N–H and O–H groups in total. The summed E-state index contributed by atoms with van der Waals surface area (Å²) in [4.78, 5) is 28.4. The van der Waals surface area contributed by atoms with E-state index in [2.05, 4.69) is 15.4 Å². The minimum absolute atomic E-state index is 0.149. The number of pyridine rings is 1. The number of benzene rings is 1. The van der Waals surface area contributed by atoms with Gasteiger partial charge in [-0.25, -0.2) is 13.9 Å². The van der Waals surface area contributed by atoms with E-state index >= 15 is 0 Å². The van der Waals surface area contributed by atoms with Gasteiger partial charge in [-0.2, -0.15) is 0 Å². The molecule has 3 rings (SSSR count). The molecule has 2 aromatic heterocycles. The van der Waals surface area contributed by atoms with Crippen molar-refractivity contribution in [2.45, 2.75) is 13.0 Å². The fraction of sp³-hybridized carbons (Fsp3) is 0.222. The van der Waals surface area contributed by atoms with Crippen LogP contribution < -0.4 is 11.0 Å². The zero-order chi connectivity index (χ0) is 18.5. The fourth-order valence-corrected chi connectivity index (χ4v) is 2.50. The second kappa shape index (κ2) is 7.73. The number of nitrogens with one attached hydrogen (secondary N) is 1. The van der Waals surface area contributed by atoms with Crippen LogP contribution in [0.4, 0.5) is 4.39 Å². The highest BCUT2D eigenvalue weighted by atomic mass is 19.1. The predicted octanol–water partition coefficient (Wildman–Crippen LogP) is 1.14. The highest BCUT2D eigenvalue weighted by molar-refractivity contribution is 5.78. The minimum atomic E-state index is -0.340. The van der Waals surface area contributed by atoms with Gasteiger partial charge in [0.15, 0.2) is 5.82 Å².